The van der Waals surface area contributed by atoms with Crippen LogP contribution in [0.1, 0.15) is 12.5 Å². The zero-order valence-electron chi connectivity index (χ0n) is 12.7. The van der Waals surface area contributed by atoms with Crippen molar-refractivity contribution in [3.63, 3.8) is 0 Å². The maximum atomic E-state index is 3.43. The van der Waals surface area contributed by atoms with Crippen molar-refractivity contribution >= 4 is 17.5 Å². The van der Waals surface area contributed by atoms with Crippen molar-refractivity contribution in [1.29, 1.82) is 0 Å². The summed E-state index contributed by atoms with van der Waals surface area (Å²) < 4.78 is 0. The second-order valence-electron chi connectivity index (χ2n) is 5.19. The first-order chi connectivity index (χ1) is 10.8. The highest BCUT2D eigenvalue weighted by Gasteiger charge is 1.98. The first-order valence-electron chi connectivity index (χ1n) is 7.50. The molecule has 0 unspecified atom stereocenters. The van der Waals surface area contributed by atoms with Gasteiger partial charge in [0.2, 0.25) is 0 Å². The number of nitrogens with one attached hydrogen (secondary N) is 1. The van der Waals surface area contributed by atoms with E-state index in [1.165, 1.54) is 16.7 Å². The van der Waals surface area contributed by atoms with E-state index in [-0.39, 0.29) is 0 Å². The number of rotatable bonds is 4. The number of hydrogen-bond donors (Lipinski definition) is 1. The van der Waals surface area contributed by atoms with Crippen LogP contribution in [0.25, 0.3) is 17.2 Å². The molecule has 1 heteroatoms. The van der Waals surface area contributed by atoms with Gasteiger partial charge in [0.25, 0.3) is 0 Å². The van der Waals surface area contributed by atoms with Gasteiger partial charge in [0, 0.05) is 11.4 Å². The van der Waals surface area contributed by atoms with Crippen molar-refractivity contribution < 1.29 is 0 Å². The summed E-state index contributed by atoms with van der Waals surface area (Å²) in [5.74, 6) is 0. The Morgan fingerprint density at radius 3 is 1.77 bits per heavy atom. The lowest BCUT2D eigenvalue weighted by atomic mass is 10.1. The Morgan fingerprint density at radius 1 is 0.636 bits per heavy atom. The van der Waals surface area contributed by atoms with Crippen LogP contribution in [0.2, 0.25) is 0 Å². The lowest BCUT2D eigenvalue weighted by Crippen LogP contribution is -1.90. The molecule has 3 aromatic carbocycles. The molecule has 1 N–H and O–H groups in total. The topological polar surface area (TPSA) is 12.0 Å². The highest BCUT2D eigenvalue weighted by atomic mass is 14.9. The van der Waals surface area contributed by atoms with Gasteiger partial charge in [0.15, 0.2) is 0 Å². The van der Waals surface area contributed by atoms with Gasteiger partial charge in [0.1, 0.15) is 0 Å². The van der Waals surface area contributed by atoms with Crippen LogP contribution in [-0.4, -0.2) is 0 Å². The average molecular weight is 285 g/mol. The summed E-state index contributed by atoms with van der Waals surface area (Å²) in [4.78, 5) is 0. The van der Waals surface area contributed by atoms with Gasteiger partial charge in [-0.05, 0) is 47.9 Å². The van der Waals surface area contributed by atoms with E-state index in [0.717, 1.165) is 11.4 Å². The molecule has 0 heterocycles. The summed E-state index contributed by atoms with van der Waals surface area (Å²) in [5, 5.41) is 3.43. The summed E-state index contributed by atoms with van der Waals surface area (Å²) in [6.45, 7) is 2.03. The predicted octanol–water partition coefficient (Wildman–Crippen LogP) is 6.13. The quantitative estimate of drug-likeness (QED) is 0.608. The van der Waals surface area contributed by atoms with E-state index in [9.17, 15) is 0 Å². The van der Waals surface area contributed by atoms with Crippen molar-refractivity contribution in [2.24, 2.45) is 0 Å². The van der Waals surface area contributed by atoms with Crippen LogP contribution in [-0.2, 0) is 0 Å². The molecule has 108 valence electrons. The second kappa shape index (κ2) is 6.77. The standard InChI is InChI=1S/C21H19N/c1-2-6-17-9-13-20(14-10-17)22-21-15-11-19(12-16-21)18-7-4-3-5-8-18/h2-16,22H,1H3/b6-2+. The minimum atomic E-state index is 1.10. The molecule has 0 saturated carbocycles. The second-order valence-corrected chi connectivity index (χ2v) is 5.19. The molecule has 3 rings (SSSR count). The van der Waals surface area contributed by atoms with Crippen molar-refractivity contribution in [3.8, 4) is 11.1 Å². The molecule has 0 aliphatic rings. The minimum Gasteiger partial charge on any atom is -0.356 e. The Bertz CT molecular complexity index is 738. The Morgan fingerprint density at radius 2 is 1.18 bits per heavy atom. The monoisotopic (exact) mass is 285 g/mol. The first kappa shape index (κ1) is 14.2. The SMILES string of the molecule is C/C=C/c1ccc(Nc2ccc(-c3ccccc3)cc2)cc1. The zero-order valence-corrected chi connectivity index (χ0v) is 12.7. The molecule has 0 atom stereocenters. The van der Waals surface area contributed by atoms with E-state index in [1.54, 1.807) is 0 Å². The third-order valence-electron chi connectivity index (χ3n) is 3.55. The average Bonchev–Trinajstić information content (AvgIpc) is 2.58. The van der Waals surface area contributed by atoms with E-state index in [4.69, 9.17) is 0 Å². The molecule has 0 aliphatic heterocycles. The maximum absolute atomic E-state index is 3.43. The van der Waals surface area contributed by atoms with E-state index in [2.05, 4.69) is 84.2 Å². The van der Waals surface area contributed by atoms with Gasteiger partial charge in [-0.2, -0.15) is 0 Å². The molecule has 1 nitrogen and oxygen atoms in total. The molecule has 3 aromatic rings. The maximum Gasteiger partial charge on any atom is 0.0384 e. The van der Waals surface area contributed by atoms with Crippen molar-refractivity contribution in [1.82, 2.24) is 0 Å². The summed E-state index contributed by atoms with van der Waals surface area (Å²) >= 11 is 0. The molecule has 0 aliphatic carbocycles. The van der Waals surface area contributed by atoms with E-state index in [1.807, 2.05) is 19.1 Å². The van der Waals surface area contributed by atoms with Gasteiger partial charge in [-0.15, -0.1) is 0 Å². The Hall–Kier alpha value is -2.80. The van der Waals surface area contributed by atoms with Crippen LogP contribution in [0.5, 0.6) is 0 Å². The van der Waals surface area contributed by atoms with Gasteiger partial charge in [-0.25, -0.2) is 0 Å². The number of hydrogen-bond acceptors (Lipinski definition) is 1. The normalized spacial score (nSPS) is 10.8. The van der Waals surface area contributed by atoms with Crippen LogP contribution < -0.4 is 5.32 Å². The summed E-state index contributed by atoms with van der Waals surface area (Å²) in [5.41, 5.74) is 5.88. The third kappa shape index (κ3) is 3.44. The molecule has 0 radical (unpaired) electrons. The zero-order chi connectivity index (χ0) is 15.2. The highest BCUT2D eigenvalue weighted by Crippen LogP contribution is 2.23. The Labute approximate surface area is 132 Å². The predicted molar refractivity (Wildman–Crippen MR) is 96.3 cm³/mol. The molecule has 0 aromatic heterocycles. The van der Waals surface area contributed by atoms with Gasteiger partial charge in [-0.3, -0.25) is 0 Å². The fraction of sp³-hybridized carbons (Fsp3) is 0.0476. The van der Waals surface area contributed by atoms with Crippen LogP contribution in [0, 0.1) is 0 Å². The van der Waals surface area contributed by atoms with E-state index >= 15 is 0 Å². The van der Waals surface area contributed by atoms with E-state index < -0.39 is 0 Å². The van der Waals surface area contributed by atoms with Gasteiger partial charge < -0.3 is 5.32 Å². The molecule has 0 saturated heterocycles. The lowest BCUT2D eigenvalue weighted by molar-refractivity contribution is 1.53. The van der Waals surface area contributed by atoms with Crippen LogP contribution in [0.4, 0.5) is 11.4 Å². The van der Waals surface area contributed by atoms with Gasteiger partial charge >= 0.3 is 0 Å². The highest BCUT2D eigenvalue weighted by molar-refractivity contribution is 5.68. The fourth-order valence-electron chi connectivity index (χ4n) is 2.41. The number of anilines is 2. The van der Waals surface area contributed by atoms with Crippen LogP contribution in [0.3, 0.4) is 0 Å². The Balaban J connectivity index is 1.73. The molecule has 0 spiro atoms. The van der Waals surface area contributed by atoms with Crippen LogP contribution >= 0.6 is 0 Å². The number of allylic oxidation sites excluding steroid dienone is 1. The van der Waals surface area contributed by atoms with Gasteiger partial charge in [0.05, 0.1) is 0 Å². The van der Waals surface area contributed by atoms with Crippen molar-refractivity contribution in [2.75, 3.05) is 5.32 Å². The molecular weight excluding hydrogens is 266 g/mol. The molecule has 0 fully saturated rings. The first-order valence-corrected chi connectivity index (χ1v) is 7.50. The van der Waals surface area contributed by atoms with Crippen molar-refractivity contribution in [2.45, 2.75) is 6.92 Å². The largest absolute Gasteiger partial charge is 0.356 e. The van der Waals surface area contributed by atoms with E-state index in [0.29, 0.717) is 0 Å². The number of benzene rings is 3. The lowest BCUT2D eigenvalue weighted by Gasteiger charge is -2.08. The molecule has 0 bridgehead atoms. The fourth-order valence-corrected chi connectivity index (χ4v) is 2.41. The van der Waals surface area contributed by atoms with Gasteiger partial charge in [-0.1, -0.05) is 66.7 Å². The van der Waals surface area contributed by atoms with Crippen LogP contribution in [0.15, 0.2) is 84.9 Å². The minimum absolute atomic E-state index is 1.10. The smallest absolute Gasteiger partial charge is 0.0384 e. The molecule has 22 heavy (non-hydrogen) atoms. The summed E-state index contributed by atoms with van der Waals surface area (Å²) in [6.07, 6.45) is 4.14. The van der Waals surface area contributed by atoms with Crippen molar-refractivity contribution in [3.05, 3.63) is 90.5 Å². The summed E-state index contributed by atoms with van der Waals surface area (Å²) in [6, 6.07) is 27.4. The molecular formula is C21H19N. The molecule has 0 amide bonds. The third-order valence-corrected chi connectivity index (χ3v) is 3.55. The Kier molecular flexibility index (Phi) is 4.35. The summed E-state index contributed by atoms with van der Waals surface area (Å²) in [7, 11) is 0.